The van der Waals surface area contributed by atoms with Crippen LogP contribution in [0.4, 0.5) is 17.1 Å². The lowest BCUT2D eigenvalue weighted by Crippen LogP contribution is -2.32. The van der Waals surface area contributed by atoms with E-state index in [2.05, 4.69) is 77.8 Å². The van der Waals surface area contributed by atoms with Crippen LogP contribution in [-0.2, 0) is 0 Å². The van der Waals surface area contributed by atoms with E-state index >= 15 is 0 Å². The largest absolute Gasteiger partial charge is 0.372 e. The first-order valence-electron chi connectivity index (χ1n) is 10.2. The summed E-state index contributed by atoms with van der Waals surface area (Å²) in [5.41, 5.74) is 5.59. The van der Waals surface area contributed by atoms with Gasteiger partial charge in [-0.15, -0.1) is 0 Å². The number of hydrogen-bond acceptors (Lipinski definition) is 3. The molecule has 0 radical (unpaired) electrons. The summed E-state index contributed by atoms with van der Waals surface area (Å²) in [4.78, 5) is 7.32. The zero-order valence-electron chi connectivity index (χ0n) is 16.2. The number of rotatable bonds is 3. The third-order valence-electron chi connectivity index (χ3n) is 5.87. The van der Waals surface area contributed by atoms with E-state index in [1.54, 1.807) is 0 Å². The van der Waals surface area contributed by atoms with Crippen molar-refractivity contribution in [3.8, 4) is 0 Å². The van der Waals surface area contributed by atoms with E-state index in [4.69, 9.17) is 4.98 Å². The lowest BCUT2D eigenvalue weighted by atomic mass is 9.99. The molecule has 0 spiro atoms. The Balaban J connectivity index is 1.49. The van der Waals surface area contributed by atoms with Crippen LogP contribution in [-0.4, -0.2) is 18.1 Å². The summed E-state index contributed by atoms with van der Waals surface area (Å²) in [6, 6.07) is 25.5. The van der Waals surface area contributed by atoms with Gasteiger partial charge in [0, 0.05) is 35.2 Å². The molecule has 0 atom stereocenters. The van der Waals surface area contributed by atoms with Gasteiger partial charge in [0.05, 0.1) is 16.7 Å². The third-order valence-corrected chi connectivity index (χ3v) is 5.87. The highest BCUT2D eigenvalue weighted by Crippen LogP contribution is 2.33. The lowest BCUT2D eigenvalue weighted by Gasteiger charge is -2.32. The molecule has 140 valence electrons. The van der Waals surface area contributed by atoms with Gasteiger partial charge in [-0.1, -0.05) is 43.3 Å². The molecule has 1 saturated heterocycles. The predicted octanol–water partition coefficient (Wildman–Crippen LogP) is 6.37. The first-order chi connectivity index (χ1) is 13.8. The Bertz CT molecular complexity index is 1060. The molecule has 0 aliphatic carbocycles. The molecule has 3 nitrogen and oxygen atoms in total. The summed E-state index contributed by atoms with van der Waals surface area (Å²) in [6.07, 6.45) is 2.57. The molecule has 5 rings (SSSR count). The van der Waals surface area contributed by atoms with E-state index in [0.29, 0.717) is 0 Å². The molecule has 3 heteroatoms. The number of fused-ring (bicyclic) bond motifs is 2. The molecular formula is C25H25N3. The number of hydrogen-bond donors (Lipinski definition) is 1. The number of nitrogens with one attached hydrogen (secondary N) is 1. The molecule has 28 heavy (non-hydrogen) atoms. The van der Waals surface area contributed by atoms with E-state index in [0.717, 1.165) is 52.2 Å². The first kappa shape index (κ1) is 17.1. The van der Waals surface area contributed by atoms with Gasteiger partial charge in [0.15, 0.2) is 0 Å². The Morgan fingerprint density at radius 2 is 1.36 bits per heavy atom. The monoisotopic (exact) mass is 367 g/mol. The van der Waals surface area contributed by atoms with Crippen LogP contribution in [0.1, 0.15) is 19.8 Å². The van der Waals surface area contributed by atoms with Crippen molar-refractivity contribution < 1.29 is 0 Å². The van der Waals surface area contributed by atoms with Crippen LogP contribution in [0.3, 0.4) is 0 Å². The summed E-state index contributed by atoms with van der Waals surface area (Å²) in [7, 11) is 0. The van der Waals surface area contributed by atoms with Crippen LogP contribution in [0.2, 0.25) is 0 Å². The maximum absolute atomic E-state index is 4.81. The zero-order chi connectivity index (χ0) is 18.9. The van der Waals surface area contributed by atoms with E-state index < -0.39 is 0 Å². The predicted molar refractivity (Wildman–Crippen MR) is 120 cm³/mol. The normalized spacial score (nSPS) is 15.2. The summed E-state index contributed by atoms with van der Waals surface area (Å²) < 4.78 is 0. The summed E-state index contributed by atoms with van der Waals surface area (Å²) in [5.74, 6) is 0.852. The Morgan fingerprint density at radius 3 is 1.96 bits per heavy atom. The summed E-state index contributed by atoms with van der Waals surface area (Å²) >= 11 is 0. The van der Waals surface area contributed by atoms with Gasteiger partial charge in [-0.05, 0) is 55.2 Å². The molecular weight excluding hydrogens is 342 g/mol. The second-order valence-electron chi connectivity index (χ2n) is 7.86. The fourth-order valence-corrected chi connectivity index (χ4v) is 4.14. The number of aromatic nitrogens is 1. The van der Waals surface area contributed by atoms with Crippen molar-refractivity contribution in [2.45, 2.75) is 19.8 Å². The van der Waals surface area contributed by atoms with Crippen molar-refractivity contribution in [1.29, 1.82) is 0 Å². The fourth-order valence-electron chi connectivity index (χ4n) is 4.14. The Kier molecular flexibility index (Phi) is 4.36. The lowest BCUT2D eigenvalue weighted by molar-refractivity contribution is 0.438. The number of piperidine rings is 1. The van der Waals surface area contributed by atoms with Crippen LogP contribution in [0.25, 0.3) is 21.8 Å². The highest BCUT2D eigenvalue weighted by molar-refractivity contribution is 6.08. The molecule has 0 saturated carbocycles. The molecule has 3 aromatic carbocycles. The van der Waals surface area contributed by atoms with Gasteiger partial charge in [-0.25, -0.2) is 4.98 Å². The topological polar surface area (TPSA) is 28.2 Å². The SMILES string of the molecule is CC1CCN(c2ccc(Nc3c4ccccc4nc4ccccc34)cc2)CC1. The Labute approximate surface area is 166 Å². The molecule has 0 bridgehead atoms. The van der Waals surface area contributed by atoms with Crippen LogP contribution >= 0.6 is 0 Å². The van der Waals surface area contributed by atoms with Gasteiger partial charge in [-0.3, -0.25) is 0 Å². The van der Waals surface area contributed by atoms with Gasteiger partial charge in [0.2, 0.25) is 0 Å². The van der Waals surface area contributed by atoms with Crippen molar-refractivity contribution in [3.05, 3.63) is 72.8 Å². The van der Waals surface area contributed by atoms with Crippen LogP contribution < -0.4 is 10.2 Å². The Morgan fingerprint density at radius 1 is 0.786 bits per heavy atom. The maximum atomic E-state index is 4.81. The van der Waals surface area contributed by atoms with E-state index in [1.165, 1.54) is 18.5 Å². The second-order valence-corrected chi connectivity index (χ2v) is 7.86. The average molecular weight is 367 g/mol. The van der Waals surface area contributed by atoms with Crippen molar-refractivity contribution in [2.24, 2.45) is 5.92 Å². The number of benzene rings is 3. The Hall–Kier alpha value is -3.07. The minimum Gasteiger partial charge on any atom is -0.372 e. The molecule has 0 amide bonds. The van der Waals surface area contributed by atoms with E-state index in [1.807, 2.05) is 12.1 Å². The number of nitrogens with zero attached hydrogens (tertiary/aromatic N) is 2. The van der Waals surface area contributed by atoms with Crippen LogP contribution in [0, 0.1) is 5.92 Å². The van der Waals surface area contributed by atoms with Gasteiger partial charge in [-0.2, -0.15) is 0 Å². The quantitative estimate of drug-likeness (QED) is 0.427. The standard InChI is InChI=1S/C25H25N3/c1-18-14-16-28(17-15-18)20-12-10-19(11-13-20)26-25-21-6-2-4-8-23(21)27-24-9-5-3-7-22(24)25/h2-13,18H,14-17H2,1H3,(H,26,27). The molecule has 1 aliphatic heterocycles. The van der Waals surface area contributed by atoms with Gasteiger partial charge in [0.1, 0.15) is 0 Å². The second kappa shape index (κ2) is 7.16. The molecule has 2 heterocycles. The smallest absolute Gasteiger partial charge is 0.0730 e. The number of anilines is 3. The molecule has 0 unspecified atom stereocenters. The molecule has 1 aliphatic rings. The van der Waals surface area contributed by atoms with E-state index in [-0.39, 0.29) is 0 Å². The minimum atomic E-state index is 0.852. The van der Waals surface area contributed by atoms with Gasteiger partial charge < -0.3 is 10.2 Å². The highest BCUT2D eigenvalue weighted by Gasteiger charge is 2.16. The van der Waals surface area contributed by atoms with Crippen LogP contribution in [0.15, 0.2) is 72.8 Å². The summed E-state index contributed by atoms with van der Waals surface area (Å²) in [5, 5.41) is 5.97. The summed E-state index contributed by atoms with van der Waals surface area (Å²) in [6.45, 7) is 4.68. The third kappa shape index (κ3) is 3.18. The molecule has 4 aromatic rings. The molecule has 1 fully saturated rings. The minimum absolute atomic E-state index is 0.852. The van der Waals surface area contributed by atoms with Crippen molar-refractivity contribution >= 4 is 38.9 Å². The molecule has 1 N–H and O–H groups in total. The van der Waals surface area contributed by atoms with Crippen molar-refractivity contribution in [2.75, 3.05) is 23.3 Å². The number of pyridine rings is 1. The van der Waals surface area contributed by atoms with Crippen molar-refractivity contribution in [3.63, 3.8) is 0 Å². The van der Waals surface area contributed by atoms with Crippen molar-refractivity contribution in [1.82, 2.24) is 4.98 Å². The molecule has 1 aromatic heterocycles. The first-order valence-corrected chi connectivity index (χ1v) is 10.2. The van der Waals surface area contributed by atoms with Gasteiger partial charge in [0.25, 0.3) is 0 Å². The zero-order valence-corrected chi connectivity index (χ0v) is 16.2. The van der Waals surface area contributed by atoms with E-state index in [9.17, 15) is 0 Å². The maximum Gasteiger partial charge on any atom is 0.0730 e. The number of para-hydroxylation sites is 2. The van der Waals surface area contributed by atoms with Gasteiger partial charge >= 0.3 is 0 Å². The fraction of sp³-hybridized carbons (Fsp3) is 0.240. The average Bonchev–Trinajstić information content (AvgIpc) is 2.75. The van der Waals surface area contributed by atoms with Crippen LogP contribution in [0.5, 0.6) is 0 Å². The highest BCUT2D eigenvalue weighted by atomic mass is 15.1.